The zero-order valence-electron chi connectivity index (χ0n) is 9.40. The topological polar surface area (TPSA) is 35.5 Å². The Morgan fingerprint density at radius 2 is 2.31 bits per heavy atom. The zero-order valence-corrected chi connectivity index (χ0v) is 10.2. The van der Waals surface area contributed by atoms with Gasteiger partial charge in [-0.15, -0.1) is 11.3 Å². The van der Waals surface area contributed by atoms with Crippen molar-refractivity contribution in [3.8, 4) is 0 Å². The molecule has 1 aromatic rings. The molecule has 0 bridgehead atoms. The molecule has 0 radical (unpaired) electrons. The number of hydrogen-bond acceptors (Lipinski definition) is 4. The van der Waals surface area contributed by atoms with E-state index in [1.165, 1.54) is 4.88 Å². The molecule has 0 saturated carbocycles. The van der Waals surface area contributed by atoms with Crippen LogP contribution in [-0.2, 0) is 9.47 Å². The highest BCUT2D eigenvalue weighted by molar-refractivity contribution is 7.10. The van der Waals surface area contributed by atoms with Gasteiger partial charge in [0.15, 0.2) is 0 Å². The lowest BCUT2D eigenvalue weighted by atomic mass is 9.98. The molecule has 0 unspecified atom stereocenters. The minimum absolute atomic E-state index is 0.211. The van der Waals surface area contributed by atoms with Crippen LogP contribution in [0.4, 0.5) is 0 Å². The van der Waals surface area contributed by atoms with E-state index in [0.717, 1.165) is 26.1 Å². The van der Waals surface area contributed by atoms with E-state index >= 15 is 0 Å². The Hall–Kier alpha value is -0.870. The second-order valence-corrected chi connectivity index (χ2v) is 4.79. The predicted molar refractivity (Wildman–Crippen MR) is 63.1 cm³/mol. The smallest absolute Gasteiger partial charge is 0.338 e. The van der Waals surface area contributed by atoms with Gasteiger partial charge in [-0.25, -0.2) is 4.79 Å². The molecular formula is C12H16O3S. The second kappa shape index (κ2) is 5.46. The van der Waals surface area contributed by atoms with Gasteiger partial charge in [-0.05, 0) is 31.7 Å². The van der Waals surface area contributed by atoms with E-state index in [1.807, 2.05) is 18.4 Å². The van der Waals surface area contributed by atoms with Crippen LogP contribution in [0.15, 0.2) is 11.4 Å². The van der Waals surface area contributed by atoms with Crippen LogP contribution in [0.25, 0.3) is 0 Å². The van der Waals surface area contributed by atoms with Gasteiger partial charge in [-0.3, -0.25) is 0 Å². The molecule has 88 valence electrons. The lowest BCUT2D eigenvalue weighted by Crippen LogP contribution is -2.13. The minimum Gasteiger partial charge on any atom is -0.462 e. The molecule has 2 rings (SSSR count). The minimum atomic E-state index is -0.211. The maximum Gasteiger partial charge on any atom is 0.338 e. The number of esters is 1. The molecule has 2 heterocycles. The van der Waals surface area contributed by atoms with Crippen molar-refractivity contribution in [3.05, 3.63) is 21.9 Å². The Morgan fingerprint density at radius 1 is 1.56 bits per heavy atom. The highest BCUT2D eigenvalue weighted by atomic mass is 32.1. The van der Waals surface area contributed by atoms with Crippen molar-refractivity contribution in [3.63, 3.8) is 0 Å². The lowest BCUT2D eigenvalue weighted by molar-refractivity contribution is 0.0527. The SMILES string of the molecule is CCOC(=O)c1csc(C2CCOCC2)c1. The third-order valence-corrected chi connectivity index (χ3v) is 3.85. The summed E-state index contributed by atoms with van der Waals surface area (Å²) >= 11 is 1.65. The maximum absolute atomic E-state index is 11.5. The van der Waals surface area contributed by atoms with Crippen molar-refractivity contribution >= 4 is 17.3 Å². The first-order chi connectivity index (χ1) is 7.81. The van der Waals surface area contributed by atoms with Crippen molar-refractivity contribution in [1.29, 1.82) is 0 Å². The third kappa shape index (κ3) is 2.62. The fraction of sp³-hybridized carbons (Fsp3) is 0.583. The largest absolute Gasteiger partial charge is 0.462 e. The molecule has 1 fully saturated rings. The number of ether oxygens (including phenoxy) is 2. The molecule has 0 aromatic carbocycles. The second-order valence-electron chi connectivity index (χ2n) is 3.84. The van der Waals surface area contributed by atoms with Crippen LogP contribution < -0.4 is 0 Å². The van der Waals surface area contributed by atoms with Gasteiger partial charge in [-0.1, -0.05) is 0 Å². The lowest BCUT2D eigenvalue weighted by Gasteiger charge is -2.20. The van der Waals surface area contributed by atoms with Crippen LogP contribution in [0.2, 0.25) is 0 Å². The summed E-state index contributed by atoms with van der Waals surface area (Å²) in [6.07, 6.45) is 2.12. The van der Waals surface area contributed by atoms with Gasteiger partial charge in [-0.2, -0.15) is 0 Å². The molecule has 0 atom stereocenters. The van der Waals surface area contributed by atoms with Crippen LogP contribution in [0.5, 0.6) is 0 Å². The van der Waals surface area contributed by atoms with E-state index in [2.05, 4.69) is 0 Å². The molecule has 0 spiro atoms. The first-order valence-electron chi connectivity index (χ1n) is 5.64. The molecule has 1 saturated heterocycles. The Kier molecular flexibility index (Phi) is 3.96. The van der Waals surface area contributed by atoms with Crippen molar-refractivity contribution in [1.82, 2.24) is 0 Å². The summed E-state index contributed by atoms with van der Waals surface area (Å²) in [5, 5.41) is 1.89. The van der Waals surface area contributed by atoms with Crippen LogP contribution in [-0.4, -0.2) is 25.8 Å². The van der Waals surface area contributed by atoms with Gasteiger partial charge in [0, 0.05) is 23.5 Å². The fourth-order valence-electron chi connectivity index (χ4n) is 1.87. The average molecular weight is 240 g/mol. The van der Waals surface area contributed by atoms with Crippen LogP contribution >= 0.6 is 11.3 Å². The van der Waals surface area contributed by atoms with E-state index in [-0.39, 0.29) is 5.97 Å². The molecule has 0 N–H and O–H groups in total. The van der Waals surface area contributed by atoms with E-state index in [9.17, 15) is 4.79 Å². The van der Waals surface area contributed by atoms with Gasteiger partial charge in [0.25, 0.3) is 0 Å². The van der Waals surface area contributed by atoms with E-state index in [0.29, 0.717) is 18.1 Å². The van der Waals surface area contributed by atoms with Gasteiger partial charge >= 0.3 is 5.97 Å². The first kappa shape index (κ1) is 11.6. The molecule has 1 aliphatic rings. The van der Waals surface area contributed by atoms with Crippen molar-refractivity contribution in [2.45, 2.75) is 25.7 Å². The highest BCUT2D eigenvalue weighted by Gasteiger charge is 2.19. The molecule has 0 amide bonds. The number of thiophene rings is 1. The predicted octanol–water partition coefficient (Wildman–Crippen LogP) is 2.82. The Bertz CT molecular complexity index is 353. The molecule has 0 aliphatic carbocycles. The summed E-state index contributed by atoms with van der Waals surface area (Å²) in [5.74, 6) is 0.346. The van der Waals surface area contributed by atoms with Gasteiger partial charge in [0.1, 0.15) is 0 Å². The van der Waals surface area contributed by atoms with Crippen molar-refractivity contribution in [2.24, 2.45) is 0 Å². The maximum atomic E-state index is 11.5. The number of hydrogen-bond donors (Lipinski definition) is 0. The summed E-state index contributed by atoms with van der Waals surface area (Å²) in [7, 11) is 0. The monoisotopic (exact) mass is 240 g/mol. The van der Waals surface area contributed by atoms with Gasteiger partial charge in [0.05, 0.1) is 12.2 Å². The Morgan fingerprint density at radius 3 is 3.00 bits per heavy atom. The number of carbonyl (C=O) groups excluding carboxylic acids is 1. The Labute approximate surface area is 99.4 Å². The third-order valence-electron chi connectivity index (χ3n) is 2.75. The van der Waals surface area contributed by atoms with Gasteiger partial charge < -0.3 is 9.47 Å². The number of rotatable bonds is 3. The molecule has 3 nitrogen and oxygen atoms in total. The molecule has 4 heteroatoms. The average Bonchev–Trinajstić information content (AvgIpc) is 2.80. The molecule has 1 aliphatic heterocycles. The van der Waals surface area contributed by atoms with E-state index < -0.39 is 0 Å². The highest BCUT2D eigenvalue weighted by Crippen LogP contribution is 2.31. The fourth-order valence-corrected chi connectivity index (χ4v) is 2.92. The quantitative estimate of drug-likeness (QED) is 0.762. The van der Waals surface area contributed by atoms with E-state index in [4.69, 9.17) is 9.47 Å². The van der Waals surface area contributed by atoms with Crippen LogP contribution in [0, 0.1) is 0 Å². The summed E-state index contributed by atoms with van der Waals surface area (Å²) in [6, 6.07) is 1.97. The summed E-state index contributed by atoms with van der Waals surface area (Å²) in [5.41, 5.74) is 0.688. The molecule has 16 heavy (non-hydrogen) atoms. The van der Waals surface area contributed by atoms with Crippen LogP contribution in [0.1, 0.15) is 40.9 Å². The van der Waals surface area contributed by atoms with Crippen molar-refractivity contribution in [2.75, 3.05) is 19.8 Å². The first-order valence-corrected chi connectivity index (χ1v) is 6.52. The van der Waals surface area contributed by atoms with Crippen molar-refractivity contribution < 1.29 is 14.3 Å². The van der Waals surface area contributed by atoms with Gasteiger partial charge in [0.2, 0.25) is 0 Å². The zero-order chi connectivity index (χ0) is 11.4. The molecule has 1 aromatic heterocycles. The summed E-state index contributed by atoms with van der Waals surface area (Å²) < 4.78 is 10.3. The normalized spacial score (nSPS) is 17.3. The van der Waals surface area contributed by atoms with Crippen LogP contribution in [0.3, 0.4) is 0 Å². The summed E-state index contributed by atoms with van der Waals surface area (Å²) in [6.45, 7) is 3.92. The Balaban J connectivity index is 2.03. The number of carbonyl (C=O) groups is 1. The summed E-state index contributed by atoms with van der Waals surface area (Å²) in [4.78, 5) is 12.8. The van der Waals surface area contributed by atoms with E-state index in [1.54, 1.807) is 11.3 Å². The standard InChI is InChI=1S/C12H16O3S/c1-2-15-12(13)10-7-11(16-8-10)9-3-5-14-6-4-9/h7-9H,2-6H2,1H3. The molecular weight excluding hydrogens is 224 g/mol.